The van der Waals surface area contributed by atoms with Crippen LogP contribution in [0, 0.1) is 5.92 Å². The van der Waals surface area contributed by atoms with E-state index in [1.807, 2.05) is 47.4 Å². The Labute approximate surface area is 161 Å². The number of amides is 1. The van der Waals surface area contributed by atoms with Crippen LogP contribution in [0.25, 0.3) is 6.08 Å². The number of nitrogens with zero attached hydrogens (tertiary/aromatic N) is 1. The molecule has 2 aromatic carbocycles. The Morgan fingerprint density at radius 3 is 2.52 bits per heavy atom. The van der Waals surface area contributed by atoms with Crippen LogP contribution in [-0.4, -0.2) is 31.1 Å². The summed E-state index contributed by atoms with van der Waals surface area (Å²) < 4.78 is 10.6. The van der Waals surface area contributed by atoms with Gasteiger partial charge in [-0.2, -0.15) is 0 Å². The van der Waals surface area contributed by atoms with E-state index >= 15 is 0 Å². The highest BCUT2D eigenvalue weighted by molar-refractivity contribution is 5.92. The minimum Gasteiger partial charge on any atom is -0.497 e. The van der Waals surface area contributed by atoms with Crippen LogP contribution in [0.4, 0.5) is 0 Å². The molecule has 0 bridgehead atoms. The van der Waals surface area contributed by atoms with Crippen molar-refractivity contribution in [2.24, 2.45) is 5.92 Å². The maximum Gasteiger partial charge on any atom is 0.247 e. The molecule has 4 nitrogen and oxygen atoms in total. The van der Waals surface area contributed by atoms with E-state index in [4.69, 9.17) is 9.47 Å². The summed E-state index contributed by atoms with van der Waals surface area (Å²) in [6.45, 7) is 2.78. The fourth-order valence-corrected chi connectivity index (χ4v) is 3.25. The maximum absolute atomic E-state index is 13.0. The monoisotopic (exact) mass is 365 g/mol. The molecule has 0 saturated heterocycles. The summed E-state index contributed by atoms with van der Waals surface area (Å²) in [5.74, 6) is 2.05. The Kier molecular flexibility index (Phi) is 6.17. The second-order valence-corrected chi connectivity index (χ2v) is 6.97. The number of rotatable bonds is 8. The summed E-state index contributed by atoms with van der Waals surface area (Å²) in [4.78, 5) is 15.0. The largest absolute Gasteiger partial charge is 0.497 e. The van der Waals surface area contributed by atoms with Crippen molar-refractivity contribution < 1.29 is 14.3 Å². The van der Waals surface area contributed by atoms with Crippen LogP contribution < -0.4 is 9.47 Å². The number of hydrogen-bond acceptors (Lipinski definition) is 3. The van der Waals surface area contributed by atoms with Crippen LogP contribution in [0.3, 0.4) is 0 Å². The van der Waals surface area contributed by atoms with Gasteiger partial charge in [0.2, 0.25) is 5.91 Å². The molecule has 27 heavy (non-hydrogen) atoms. The van der Waals surface area contributed by atoms with Crippen molar-refractivity contribution in [2.75, 3.05) is 14.2 Å². The van der Waals surface area contributed by atoms with Crippen molar-refractivity contribution in [1.29, 1.82) is 0 Å². The first-order valence-electron chi connectivity index (χ1n) is 9.37. The third-order valence-electron chi connectivity index (χ3n) is 5.12. The van der Waals surface area contributed by atoms with Gasteiger partial charge < -0.3 is 14.4 Å². The summed E-state index contributed by atoms with van der Waals surface area (Å²) in [5.41, 5.74) is 2.00. The molecule has 1 aliphatic rings. The number of benzene rings is 2. The van der Waals surface area contributed by atoms with Crippen LogP contribution in [0.1, 0.15) is 30.9 Å². The van der Waals surface area contributed by atoms with Crippen molar-refractivity contribution in [3.8, 4) is 11.5 Å². The molecule has 4 heteroatoms. The lowest BCUT2D eigenvalue weighted by atomic mass is 10.1. The molecule has 1 fully saturated rings. The Morgan fingerprint density at radius 2 is 1.89 bits per heavy atom. The number of carbonyl (C=O) groups excluding carboxylic acids is 1. The van der Waals surface area contributed by atoms with Crippen molar-refractivity contribution in [3.05, 3.63) is 65.7 Å². The number of hydrogen-bond donors (Lipinski definition) is 0. The average Bonchev–Trinajstić information content (AvgIpc) is 3.55. The summed E-state index contributed by atoms with van der Waals surface area (Å²) in [5, 5.41) is 0. The van der Waals surface area contributed by atoms with Gasteiger partial charge in [0.25, 0.3) is 0 Å². The van der Waals surface area contributed by atoms with E-state index in [0.29, 0.717) is 18.2 Å². The second kappa shape index (κ2) is 8.76. The van der Waals surface area contributed by atoms with Gasteiger partial charge in [-0.25, -0.2) is 0 Å². The molecular formula is C23H27NO3. The Hall–Kier alpha value is -2.75. The summed E-state index contributed by atoms with van der Waals surface area (Å²) >= 11 is 0. The summed E-state index contributed by atoms with van der Waals surface area (Å²) in [6, 6.07) is 16.0. The molecule has 1 aliphatic carbocycles. The first kappa shape index (κ1) is 19.0. The Bertz CT molecular complexity index is 797. The molecule has 142 valence electrons. The van der Waals surface area contributed by atoms with E-state index < -0.39 is 0 Å². The fraction of sp³-hybridized carbons (Fsp3) is 0.348. The lowest BCUT2D eigenvalue weighted by molar-refractivity contribution is -0.129. The van der Waals surface area contributed by atoms with Crippen LogP contribution in [0.5, 0.6) is 11.5 Å². The lowest BCUT2D eigenvalue weighted by Crippen LogP contribution is -2.38. The van der Waals surface area contributed by atoms with E-state index in [2.05, 4.69) is 19.1 Å². The maximum atomic E-state index is 13.0. The first-order valence-corrected chi connectivity index (χ1v) is 9.37. The van der Waals surface area contributed by atoms with Crippen molar-refractivity contribution >= 4 is 12.0 Å². The van der Waals surface area contributed by atoms with Gasteiger partial charge in [0, 0.05) is 30.3 Å². The molecule has 1 saturated carbocycles. The number of ether oxygens (including phenoxy) is 2. The van der Waals surface area contributed by atoms with Gasteiger partial charge in [0.1, 0.15) is 11.5 Å². The summed E-state index contributed by atoms with van der Waals surface area (Å²) in [7, 11) is 3.24. The topological polar surface area (TPSA) is 38.8 Å². The van der Waals surface area contributed by atoms with Crippen LogP contribution in [0.15, 0.2) is 54.6 Å². The quantitative estimate of drug-likeness (QED) is 0.645. The molecule has 0 spiro atoms. The minimum atomic E-state index is 0.0242. The van der Waals surface area contributed by atoms with Gasteiger partial charge in [-0.05, 0) is 49.5 Å². The molecule has 2 aromatic rings. The van der Waals surface area contributed by atoms with E-state index in [1.54, 1.807) is 20.3 Å². The normalized spacial score (nSPS) is 14.8. The third kappa shape index (κ3) is 4.91. The van der Waals surface area contributed by atoms with E-state index in [-0.39, 0.29) is 11.9 Å². The lowest BCUT2D eigenvalue weighted by Gasteiger charge is -2.28. The molecular weight excluding hydrogens is 338 g/mol. The number of carbonyl (C=O) groups is 1. The SMILES string of the molecule is COc1ccc(/C=C/C(=O)N(Cc2ccccc2)C(C)C2CC2)c(OC)c1. The zero-order valence-electron chi connectivity index (χ0n) is 16.2. The standard InChI is InChI=1S/C23H27NO3/c1-17(19-9-10-19)24(16-18-7-5-4-6-8-18)23(25)14-12-20-11-13-21(26-2)15-22(20)27-3/h4-8,11-15,17,19H,9-10,16H2,1-3H3/b14-12+. The molecule has 0 heterocycles. The van der Waals surface area contributed by atoms with E-state index in [1.165, 1.54) is 12.8 Å². The van der Waals surface area contributed by atoms with Crippen LogP contribution in [-0.2, 0) is 11.3 Å². The zero-order valence-corrected chi connectivity index (χ0v) is 16.2. The highest BCUT2D eigenvalue weighted by Gasteiger charge is 2.33. The molecule has 0 radical (unpaired) electrons. The van der Waals surface area contributed by atoms with Gasteiger partial charge >= 0.3 is 0 Å². The number of methoxy groups -OCH3 is 2. The highest BCUT2D eigenvalue weighted by atomic mass is 16.5. The molecule has 0 N–H and O–H groups in total. The van der Waals surface area contributed by atoms with Crippen LogP contribution in [0.2, 0.25) is 0 Å². The predicted molar refractivity (Wildman–Crippen MR) is 108 cm³/mol. The summed E-state index contributed by atoms with van der Waals surface area (Å²) in [6.07, 6.45) is 5.87. The van der Waals surface area contributed by atoms with Crippen molar-refractivity contribution in [2.45, 2.75) is 32.4 Å². The van der Waals surface area contributed by atoms with Crippen LogP contribution >= 0.6 is 0 Å². The minimum absolute atomic E-state index is 0.0242. The van der Waals surface area contributed by atoms with Gasteiger partial charge in [-0.15, -0.1) is 0 Å². The van der Waals surface area contributed by atoms with Gasteiger partial charge in [-0.1, -0.05) is 30.3 Å². The molecule has 0 aromatic heterocycles. The van der Waals surface area contributed by atoms with E-state index in [0.717, 1.165) is 16.9 Å². The van der Waals surface area contributed by atoms with Crippen molar-refractivity contribution in [1.82, 2.24) is 4.90 Å². The Balaban J connectivity index is 1.78. The zero-order chi connectivity index (χ0) is 19.2. The van der Waals surface area contributed by atoms with Gasteiger partial charge in [0.15, 0.2) is 0 Å². The Morgan fingerprint density at radius 1 is 1.15 bits per heavy atom. The molecule has 1 amide bonds. The first-order chi connectivity index (χ1) is 13.1. The molecule has 3 rings (SSSR count). The third-order valence-corrected chi connectivity index (χ3v) is 5.12. The second-order valence-electron chi connectivity index (χ2n) is 6.97. The van der Waals surface area contributed by atoms with Crippen molar-refractivity contribution in [3.63, 3.8) is 0 Å². The van der Waals surface area contributed by atoms with Gasteiger partial charge in [-0.3, -0.25) is 4.79 Å². The fourth-order valence-electron chi connectivity index (χ4n) is 3.25. The smallest absolute Gasteiger partial charge is 0.247 e. The van der Waals surface area contributed by atoms with Gasteiger partial charge in [0.05, 0.1) is 14.2 Å². The highest BCUT2D eigenvalue weighted by Crippen LogP contribution is 2.36. The van der Waals surface area contributed by atoms with E-state index in [9.17, 15) is 4.79 Å². The average molecular weight is 365 g/mol. The molecule has 1 unspecified atom stereocenters. The molecule has 0 aliphatic heterocycles. The predicted octanol–water partition coefficient (Wildman–Crippen LogP) is 4.54. The molecule has 1 atom stereocenters.